The summed E-state index contributed by atoms with van der Waals surface area (Å²) in [5.74, 6) is 0.683. The molecule has 0 unspecified atom stereocenters. The molecular weight excluding hydrogens is 252 g/mol. The van der Waals surface area contributed by atoms with Crippen LogP contribution < -0.4 is 5.32 Å². The van der Waals surface area contributed by atoms with Crippen LogP contribution in [0.1, 0.15) is 19.4 Å². The maximum Gasteiger partial charge on any atom is 0.222 e. The largest absolute Gasteiger partial charge is 0.352 e. The van der Waals surface area contributed by atoms with Crippen molar-refractivity contribution in [3.05, 3.63) is 36.4 Å². The van der Waals surface area contributed by atoms with Gasteiger partial charge in [0.05, 0.1) is 6.54 Å². The first kappa shape index (κ1) is 14.5. The fourth-order valence-corrected chi connectivity index (χ4v) is 1.87. The molecule has 0 spiro atoms. The topological polar surface area (TPSA) is 58.9 Å². The van der Waals surface area contributed by atoms with Crippen LogP contribution in [0.3, 0.4) is 0 Å². The van der Waals surface area contributed by atoms with E-state index in [0.717, 1.165) is 25.2 Å². The molecule has 0 aromatic carbocycles. The van der Waals surface area contributed by atoms with Crippen molar-refractivity contribution in [2.45, 2.75) is 33.0 Å². The average molecular weight is 274 g/mol. The number of hydrogen-bond donors (Lipinski definition) is 1. The molecule has 6 nitrogen and oxygen atoms in total. The van der Waals surface area contributed by atoms with Crippen LogP contribution in [0.2, 0.25) is 0 Å². The van der Waals surface area contributed by atoms with E-state index < -0.39 is 0 Å². The van der Waals surface area contributed by atoms with Crippen LogP contribution in [-0.2, 0) is 13.1 Å². The molecule has 0 saturated carbocycles. The molecule has 0 fully saturated rings. The summed E-state index contributed by atoms with van der Waals surface area (Å²) >= 11 is 0. The van der Waals surface area contributed by atoms with E-state index in [1.54, 1.807) is 6.20 Å². The van der Waals surface area contributed by atoms with Crippen LogP contribution in [0.5, 0.6) is 0 Å². The first-order chi connectivity index (χ1) is 9.63. The molecule has 2 heterocycles. The molecule has 0 atom stereocenters. The zero-order valence-electron chi connectivity index (χ0n) is 12.3. The van der Waals surface area contributed by atoms with Crippen LogP contribution in [0.4, 0.5) is 5.95 Å². The lowest BCUT2D eigenvalue weighted by molar-refractivity contribution is 0.304. The normalized spacial score (nSPS) is 11.2. The van der Waals surface area contributed by atoms with Gasteiger partial charge in [-0.05, 0) is 27.0 Å². The third kappa shape index (κ3) is 4.62. The van der Waals surface area contributed by atoms with E-state index in [2.05, 4.69) is 46.2 Å². The predicted octanol–water partition coefficient (Wildman–Crippen LogP) is 1.63. The molecule has 2 rings (SSSR count). The van der Waals surface area contributed by atoms with Gasteiger partial charge in [-0.15, -0.1) is 0 Å². The fourth-order valence-electron chi connectivity index (χ4n) is 1.87. The van der Waals surface area contributed by atoms with Crippen molar-refractivity contribution in [1.82, 2.24) is 24.6 Å². The molecule has 0 bridgehead atoms. The molecule has 20 heavy (non-hydrogen) atoms. The summed E-state index contributed by atoms with van der Waals surface area (Å²) in [6, 6.07) is 2.28. The smallest absolute Gasteiger partial charge is 0.222 e. The van der Waals surface area contributed by atoms with E-state index in [9.17, 15) is 0 Å². The molecule has 0 amide bonds. The summed E-state index contributed by atoms with van der Waals surface area (Å²) in [5, 5.41) is 7.37. The molecule has 0 aliphatic carbocycles. The van der Waals surface area contributed by atoms with Gasteiger partial charge in [0.15, 0.2) is 0 Å². The lowest BCUT2D eigenvalue weighted by atomic mass is 10.3. The van der Waals surface area contributed by atoms with E-state index in [1.807, 2.05) is 29.3 Å². The summed E-state index contributed by atoms with van der Waals surface area (Å²) in [5.41, 5.74) is 1.11. The number of likely N-dealkylation sites (N-methyl/N-ethyl adjacent to an activating group) is 1. The number of anilines is 1. The van der Waals surface area contributed by atoms with Gasteiger partial charge in [-0.1, -0.05) is 0 Å². The highest BCUT2D eigenvalue weighted by Crippen LogP contribution is 2.04. The zero-order valence-corrected chi connectivity index (χ0v) is 12.3. The van der Waals surface area contributed by atoms with Crippen molar-refractivity contribution in [2.24, 2.45) is 0 Å². The fraction of sp³-hybridized carbons (Fsp3) is 0.500. The molecule has 2 aromatic rings. The molecule has 0 aliphatic rings. The molecular formula is C14H22N6. The molecule has 0 saturated heterocycles. The number of rotatable bonds is 7. The third-order valence-corrected chi connectivity index (χ3v) is 2.85. The Morgan fingerprint density at radius 1 is 1.30 bits per heavy atom. The first-order valence-corrected chi connectivity index (χ1v) is 6.87. The Morgan fingerprint density at radius 2 is 2.05 bits per heavy atom. The van der Waals surface area contributed by atoms with Gasteiger partial charge in [0.2, 0.25) is 5.95 Å². The molecule has 108 valence electrons. The summed E-state index contributed by atoms with van der Waals surface area (Å²) in [6.45, 7) is 6.80. The van der Waals surface area contributed by atoms with E-state index in [4.69, 9.17) is 0 Å². The molecule has 1 N–H and O–H groups in total. The third-order valence-electron chi connectivity index (χ3n) is 2.85. The Morgan fingerprint density at radius 3 is 2.65 bits per heavy atom. The minimum absolute atomic E-state index is 0.345. The number of aromatic nitrogens is 4. The van der Waals surface area contributed by atoms with Crippen molar-refractivity contribution in [3.8, 4) is 0 Å². The van der Waals surface area contributed by atoms with Crippen LogP contribution in [0, 0.1) is 0 Å². The quantitative estimate of drug-likeness (QED) is 0.831. The minimum atomic E-state index is 0.345. The second-order valence-corrected chi connectivity index (χ2v) is 5.22. The highest BCUT2D eigenvalue weighted by atomic mass is 15.3. The minimum Gasteiger partial charge on any atom is -0.352 e. The van der Waals surface area contributed by atoms with Gasteiger partial charge in [0.25, 0.3) is 0 Å². The lowest BCUT2D eigenvalue weighted by Crippen LogP contribution is -2.23. The van der Waals surface area contributed by atoms with Crippen LogP contribution in [0.25, 0.3) is 0 Å². The van der Waals surface area contributed by atoms with Crippen molar-refractivity contribution >= 4 is 5.95 Å². The van der Waals surface area contributed by atoms with Crippen molar-refractivity contribution in [2.75, 3.05) is 18.9 Å². The summed E-state index contributed by atoms with van der Waals surface area (Å²) < 4.78 is 1.93. The summed E-state index contributed by atoms with van der Waals surface area (Å²) in [4.78, 5) is 10.9. The van der Waals surface area contributed by atoms with E-state index in [0.29, 0.717) is 12.0 Å². The summed E-state index contributed by atoms with van der Waals surface area (Å²) in [7, 11) is 2.09. The number of nitrogens with zero attached hydrogens (tertiary/aromatic N) is 5. The Labute approximate surface area is 119 Å². The monoisotopic (exact) mass is 274 g/mol. The maximum atomic E-state index is 4.32. The van der Waals surface area contributed by atoms with Crippen LogP contribution in [0.15, 0.2) is 30.9 Å². The summed E-state index contributed by atoms with van der Waals surface area (Å²) in [6.07, 6.45) is 7.53. The average Bonchev–Trinajstić information content (AvgIpc) is 2.91. The molecule has 0 aliphatic heterocycles. The SMILES string of the molecule is CC(C)Nc1ncc(CN(C)CCn2cccn2)cn1. The Balaban J connectivity index is 1.80. The van der Waals surface area contributed by atoms with E-state index in [1.165, 1.54) is 0 Å². The zero-order chi connectivity index (χ0) is 14.4. The maximum absolute atomic E-state index is 4.32. The predicted molar refractivity (Wildman–Crippen MR) is 79.4 cm³/mol. The van der Waals surface area contributed by atoms with Crippen molar-refractivity contribution < 1.29 is 0 Å². The van der Waals surface area contributed by atoms with E-state index in [-0.39, 0.29) is 0 Å². The Bertz CT molecular complexity index is 491. The van der Waals surface area contributed by atoms with Gasteiger partial charge in [-0.2, -0.15) is 5.10 Å². The first-order valence-electron chi connectivity index (χ1n) is 6.87. The van der Waals surface area contributed by atoms with Gasteiger partial charge in [0, 0.05) is 49.5 Å². The van der Waals surface area contributed by atoms with Gasteiger partial charge in [-0.3, -0.25) is 4.68 Å². The highest BCUT2D eigenvalue weighted by Gasteiger charge is 2.03. The second kappa shape index (κ2) is 7.00. The standard InChI is InChI=1S/C14H22N6/c1-12(2)18-14-15-9-13(10-16-14)11-19(3)7-8-20-6-4-5-17-20/h4-6,9-10,12H,7-8,11H2,1-3H3,(H,15,16,18). The lowest BCUT2D eigenvalue weighted by Gasteiger charge is -2.16. The van der Waals surface area contributed by atoms with Crippen molar-refractivity contribution in [1.29, 1.82) is 0 Å². The molecule has 6 heteroatoms. The Hall–Kier alpha value is -1.95. The van der Waals surface area contributed by atoms with Gasteiger partial charge in [0.1, 0.15) is 0 Å². The van der Waals surface area contributed by atoms with Gasteiger partial charge < -0.3 is 10.2 Å². The van der Waals surface area contributed by atoms with Gasteiger partial charge in [-0.25, -0.2) is 9.97 Å². The second-order valence-electron chi connectivity index (χ2n) is 5.22. The highest BCUT2D eigenvalue weighted by molar-refractivity contribution is 5.25. The van der Waals surface area contributed by atoms with Crippen LogP contribution in [-0.4, -0.2) is 44.3 Å². The number of hydrogen-bond acceptors (Lipinski definition) is 5. The molecule has 2 aromatic heterocycles. The Kier molecular flexibility index (Phi) is 5.06. The molecule has 0 radical (unpaired) electrons. The van der Waals surface area contributed by atoms with Crippen LogP contribution >= 0.6 is 0 Å². The number of nitrogens with one attached hydrogen (secondary N) is 1. The van der Waals surface area contributed by atoms with Crippen molar-refractivity contribution in [3.63, 3.8) is 0 Å². The van der Waals surface area contributed by atoms with E-state index >= 15 is 0 Å². The van der Waals surface area contributed by atoms with Gasteiger partial charge >= 0.3 is 0 Å².